The third kappa shape index (κ3) is 2.77. The molecular weight excluding hydrogens is 302 g/mol. The number of hydrogen-bond acceptors (Lipinski definition) is 2. The van der Waals surface area contributed by atoms with E-state index in [2.05, 4.69) is 5.10 Å². The quantitative estimate of drug-likeness (QED) is 0.799. The highest BCUT2D eigenvalue weighted by Crippen LogP contribution is 2.30. The number of nitrogens with zero attached hydrogens (tertiary/aromatic N) is 3. The van der Waals surface area contributed by atoms with Crippen LogP contribution in [-0.2, 0) is 25.7 Å². The summed E-state index contributed by atoms with van der Waals surface area (Å²) in [5, 5.41) is 4.13. The Bertz CT molecular complexity index is 760. The van der Waals surface area contributed by atoms with Gasteiger partial charge in [0, 0.05) is 13.0 Å². The van der Waals surface area contributed by atoms with Crippen LogP contribution in [0, 0.1) is 5.82 Å². The van der Waals surface area contributed by atoms with E-state index in [1.165, 1.54) is 4.57 Å². The van der Waals surface area contributed by atoms with E-state index in [1.807, 2.05) is 0 Å². The van der Waals surface area contributed by atoms with Gasteiger partial charge in [-0.2, -0.15) is 18.3 Å². The van der Waals surface area contributed by atoms with E-state index in [0.29, 0.717) is 24.9 Å². The molecule has 0 aliphatic carbocycles. The summed E-state index contributed by atoms with van der Waals surface area (Å²) in [4.78, 5) is 12.1. The molecular formula is C14H13F4N3O. The molecule has 1 aliphatic rings. The zero-order chi connectivity index (χ0) is 15.9. The van der Waals surface area contributed by atoms with Crippen LogP contribution in [0.3, 0.4) is 0 Å². The summed E-state index contributed by atoms with van der Waals surface area (Å²) in [6, 6.07) is 2.26. The lowest BCUT2D eigenvalue weighted by Crippen LogP contribution is -2.27. The maximum Gasteiger partial charge on any atom is 0.416 e. The number of fused-ring (bicyclic) bond motifs is 1. The first-order valence-electron chi connectivity index (χ1n) is 6.88. The van der Waals surface area contributed by atoms with Crippen LogP contribution in [0.1, 0.15) is 29.8 Å². The predicted molar refractivity (Wildman–Crippen MR) is 69.9 cm³/mol. The van der Waals surface area contributed by atoms with Gasteiger partial charge in [0.1, 0.15) is 11.6 Å². The molecule has 0 fully saturated rings. The lowest BCUT2D eigenvalue weighted by atomic mass is 10.1. The van der Waals surface area contributed by atoms with Crippen LogP contribution in [0.25, 0.3) is 0 Å². The van der Waals surface area contributed by atoms with E-state index in [-0.39, 0.29) is 17.8 Å². The highest BCUT2D eigenvalue weighted by Gasteiger charge is 2.31. The molecule has 1 aromatic carbocycles. The van der Waals surface area contributed by atoms with Crippen LogP contribution in [0.2, 0.25) is 0 Å². The van der Waals surface area contributed by atoms with E-state index in [1.54, 1.807) is 0 Å². The number of rotatable bonds is 2. The number of aromatic nitrogens is 3. The molecule has 0 radical (unpaired) electrons. The van der Waals surface area contributed by atoms with Crippen molar-refractivity contribution in [1.82, 2.24) is 14.3 Å². The molecule has 8 heteroatoms. The van der Waals surface area contributed by atoms with Crippen LogP contribution in [0.4, 0.5) is 17.6 Å². The van der Waals surface area contributed by atoms with Crippen molar-refractivity contribution in [1.29, 1.82) is 0 Å². The Morgan fingerprint density at radius 1 is 1.18 bits per heavy atom. The molecule has 22 heavy (non-hydrogen) atoms. The number of aryl methyl sites for hydroxylation is 1. The fraction of sp³-hybridized carbons (Fsp3) is 0.429. The molecule has 0 spiro atoms. The molecule has 0 amide bonds. The molecule has 118 valence electrons. The number of alkyl halides is 3. The molecule has 1 aliphatic heterocycles. The van der Waals surface area contributed by atoms with Crippen LogP contribution < -0.4 is 5.69 Å². The molecule has 2 heterocycles. The number of hydrogen-bond donors (Lipinski definition) is 0. The molecule has 0 unspecified atom stereocenters. The van der Waals surface area contributed by atoms with Crippen LogP contribution in [-0.4, -0.2) is 14.3 Å². The largest absolute Gasteiger partial charge is 0.416 e. The molecule has 0 atom stereocenters. The maximum atomic E-state index is 13.4. The summed E-state index contributed by atoms with van der Waals surface area (Å²) in [7, 11) is 0. The molecule has 0 N–H and O–H groups in total. The van der Waals surface area contributed by atoms with Gasteiger partial charge in [-0.15, -0.1) is 0 Å². The average molecular weight is 315 g/mol. The number of benzene rings is 1. The van der Waals surface area contributed by atoms with Crippen molar-refractivity contribution in [3.05, 3.63) is 51.5 Å². The van der Waals surface area contributed by atoms with Crippen molar-refractivity contribution in [2.45, 2.75) is 38.5 Å². The highest BCUT2D eigenvalue weighted by molar-refractivity contribution is 5.27. The second-order valence-electron chi connectivity index (χ2n) is 5.31. The van der Waals surface area contributed by atoms with Gasteiger partial charge in [0.15, 0.2) is 0 Å². The third-order valence-corrected chi connectivity index (χ3v) is 3.65. The highest BCUT2D eigenvalue weighted by atomic mass is 19.4. The van der Waals surface area contributed by atoms with E-state index in [9.17, 15) is 22.4 Å². The van der Waals surface area contributed by atoms with Crippen molar-refractivity contribution in [2.75, 3.05) is 0 Å². The van der Waals surface area contributed by atoms with Gasteiger partial charge in [0.2, 0.25) is 0 Å². The zero-order valence-corrected chi connectivity index (χ0v) is 11.5. The second-order valence-corrected chi connectivity index (χ2v) is 5.31. The summed E-state index contributed by atoms with van der Waals surface area (Å²) < 4.78 is 54.1. The zero-order valence-electron chi connectivity index (χ0n) is 11.5. The minimum atomic E-state index is -4.63. The first-order chi connectivity index (χ1) is 10.3. The van der Waals surface area contributed by atoms with E-state index in [4.69, 9.17) is 0 Å². The SMILES string of the molecule is O=c1n(Cc2cc(F)cc(C(F)(F)F)c2)nc2n1CCCC2. The van der Waals surface area contributed by atoms with Gasteiger partial charge in [0.05, 0.1) is 12.1 Å². The monoisotopic (exact) mass is 315 g/mol. The van der Waals surface area contributed by atoms with Gasteiger partial charge in [-0.3, -0.25) is 4.57 Å². The third-order valence-electron chi connectivity index (χ3n) is 3.65. The Hall–Kier alpha value is -2.12. The van der Waals surface area contributed by atoms with Crippen molar-refractivity contribution in [2.24, 2.45) is 0 Å². The standard InChI is InChI=1S/C14H13F4N3O/c15-11-6-9(5-10(7-11)14(16,17)18)8-21-13(22)20-4-2-1-3-12(20)19-21/h5-7H,1-4,8H2. The molecule has 1 aromatic heterocycles. The molecule has 0 bridgehead atoms. The fourth-order valence-corrected chi connectivity index (χ4v) is 2.63. The van der Waals surface area contributed by atoms with Gasteiger partial charge in [0.25, 0.3) is 0 Å². The molecule has 0 saturated carbocycles. The van der Waals surface area contributed by atoms with Crippen LogP contribution >= 0.6 is 0 Å². The molecule has 0 saturated heterocycles. The van der Waals surface area contributed by atoms with Crippen molar-refractivity contribution in [3.8, 4) is 0 Å². The van der Waals surface area contributed by atoms with Gasteiger partial charge < -0.3 is 0 Å². The van der Waals surface area contributed by atoms with Gasteiger partial charge >= 0.3 is 11.9 Å². The molecule has 3 rings (SSSR count). The molecule has 2 aromatic rings. The minimum absolute atomic E-state index is 0.0601. The Kier molecular flexibility index (Phi) is 3.54. The van der Waals surface area contributed by atoms with Crippen molar-refractivity contribution >= 4 is 0 Å². The first kappa shape index (κ1) is 14.8. The van der Waals surface area contributed by atoms with Gasteiger partial charge in [-0.05, 0) is 36.6 Å². The second kappa shape index (κ2) is 5.26. The van der Waals surface area contributed by atoms with E-state index < -0.39 is 17.6 Å². The topological polar surface area (TPSA) is 39.8 Å². The summed E-state index contributed by atoms with van der Waals surface area (Å²) in [5.41, 5.74) is -1.38. The average Bonchev–Trinajstić information content (AvgIpc) is 2.74. The van der Waals surface area contributed by atoms with Crippen LogP contribution in [0.5, 0.6) is 0 Å². The Labute approximate surface area is 123 Å². The fourth-order valence-electron chi connectivity index (χ4n) is 2.63. The summed E-state index contributed by atoms with van der Waals surface area (Å²) in [6.07, 6.45) is -2.17. The maximum absolute atomic E-state index is 13.4. The predicted octanol–water partition coefficient (Wildman–Crippen LogP) is 2.59. The van der Waals surface area contributed by atoms with Crippen molar-refractivity contribution < 1.29 is 17.6 Å². The van der Waals surface area contributed by atoms with E-state index >= 15 is 0 Å². The Morgan fingerprint density at radius 2 is 1.95 bits per heavy atom. The van der Waals surface area contributed by atoms with Gasteiger partial charge in [-0.25, -0.2) is 13.9 Å². The van der Waals surface area contributed by atoms with Crippen molar-refractivity contribution in [3.63, 3.8) is 0 Å². The summed E-state index contributed by atoms with van der Waals surface area (Å²) in [5.74, 6) is -0.356. The Balaban J connectivity index is 1.95. The smallest absolute Gasteiger partial charge is 0.279 e. The molecule has 4 nitrogen and oxygen atoms in total. The Morgan fingerprint density at radius 3 is 2.64 bits per heavy atom. The number of halogens is 4. The van der Waals surface area contributed by atoms with E-state index in [0.717, 1.165) is 29.7 Å². The summed E-state index contributed by atoms with van der Waals surface area (Å²) >= 11 is 0. The van der Waals surface area contributed by atoms with Gasteiger partial charge in [-0.1, -0.05) is 0 Å². The minimum Gasteiger partial charge on any atom is -0.279 e. The summed E-state index contributed by atoms with van der Waals surface area (Å²) in [6.45, 7) is 0.380. The normalized spacial score (nSPS) is 14.9. The van der Waals surface area contributed by atoms with Crippen LogP contribution in [0.15, 0.2) is 23.0 Å². The lowest BCUT2D eigenvalue weighted by Gasteiger charge is -2.09. The first-order valence-corrected chi connectivity index (χ1v) is 6.88. The lowest BCUT2D eigenvalue weighted by molar-refractivity contribution is -0.137.